The zero-order valence-electron chi connectivity index (χ0n) is 14.2. The molecule has 0 aliphatic carbocycles. The number of ether oxygens (including phenoxy) is 1. The number of benzene rings is 2. The van der Waals surface area contributed by atoms with Crippen LogP contribution in [0.15, 0.2) is 48.5 Å². The molecule has 4 nitrogen and oxygen atoms in total. The molecule has 3 rings (SSSR count). The zero-order chi connectivity index (χ0) is 17.8. The highest BCUT2D eigenvalue weighted by atomic mass is 32.1. The van der Waals surface area contributed by atoms with E-state index in [2.05, 4.69) is 4.98 Å². The van der Waals surface area contributed by atoms with Crippen molar-refractivity contribution in [2.75, 3.05) is 0 Å². The van der Waals surface area contributed by atoms with E-state index in [1.54, 1.807) is 30.4 Å². The summed E-state index contributed by atoms with van der Waals surface area (Å²) in [6, 6.07) is 15.1. The second kappa shape index (κ2) is 7.57. The molecule has 0 radical (unpaired) electrons. The Kier molecular flexibility index (Phi) is 5.24. The molecule has 1 unspecified atom stereocenters. The van der Waals surface area contributed by atoms with Gasteiger partial charge in [-0.2, -0.15) is 0 Å². The van der Waals surface area contributed by atoms with Crippen molar-refractivity contribution in [3.8, 4) is 0 Å². The molecule has 0 fully saturated rings. The third kappa shape index (κ3) is 4.31. The Morgan fingerprint density at radius 2 is 1.84 bits per heavy atom. The van der Waals surface area contributed by atoms with E-state index < -0.39 is 6.10 Å². The second-order valence-corrected chi connectivity index (χ2v) is 7.05. The van der Waals surface area contributed by atoms with E-state index in [1.165, 1.54) is 0 Å². The number of aryl methyl sites for hydroxylation is 2. The van der Waals surface area contributed by atoms with Gasteiger partial charge in [-0.3, -0.25) is 9.59 Å². The van der Waals surface area contributed by atoms with Crippen LogP contribution in [-0.2, 0) is 16.0 Å². The normalized spacial score (nSPS) is 12.1. The zero-order valence-corrected chi connectivity index (χ0v) is 15.0. The fraction of sp³-hybridized carbons (Fsp3) is 0.250. The third-order valence-electron chi connectivity index (χ3n) is 3.89. The molecule has 0 aliphatic heterocycles. The number of fused-ring (bicyclic) bond motifs is 1. The molecule has 1 atom stereocenters. The average molecular weight is 353 g/mol. The minimum absolute atomic E-state index is 0.187. The maximum atomic E-state index is 12.3. The fourth-order valence-corrected chi connectivity index (χ4v) is 3.46. The van der Waals surface area contributed by atoms with Gasteiger partial charge in [0.05, 0.1) is 21.6 Å². The highest BCUT2D eigenvalue weighted by molar-refractivity contribution is 7.18. The van der Waals surface area contributed by atoms with Crippen LogP contribution in [0.4, 0.5) is 0 Å². The van der Waals surface area contributed by atoms with Crippen LogP contribution in [0.3, 0.4) is 0 Å². The summed E-state index contributed by atoms with van der Waals surface area (Å²) in [6.45, 7) is 3.57. The number of para-hydroxylation sites is 1. The number of rotatable bonds is 6. The van der Waals surface area contributed by atoms with Gasteiger partial charge in [0.2, 0.25) is 5.78 Å². The average Bonchev–Trinajstić information content (AvgIpc) is 3.03. The van der Waals surface area contributed by atoms with Gasteiger partial charge in [0.15, 0.2) is 6.10 Å². The Morgan fingerprint density at radius 1 is 1.12 bits per heavy atom. The minimum Gasteiger partial charge on any atom is -0.454 e. The number of hydrogen-bond acceptors (Lipinski definition) is 5. The maximum Gasteiger partial charge on any atom is 0.306 e. The van der Waals surface area contributed by atoms with E-state index >= 15 is 0 Å². The standard InChI is InChI=1S/C20H19NO3S/c1-13-7-9-15(10-8-13)20(23)14(2)24-19(22)12-11-18-21-16-5-3-4-6-17(16)25-18/h3-10,14H,11-12H2,1-2H3. The molecule has 0 saturated carbocycles. The number of nitrogens with zero attached hydrogens (tertiary/aromatic N) is 1. The summed E-state index contributed by atoms with van der Waals surface area (Å²) in [4.78, 5) is 28.8. The van der Waals surface area contributed by atoms with Crippen molar-refractivity contribution in [3.63, 3.8) is 0 Å². The maximum absolute atomic E-state index is 12.3. The molecule has 5 heteroatoms. The number of carbonyl (C=O) groups is 2. The Balaban J connectivity index is 1.54. The molecule has 0 bridgehead atoms. The van der Waals surface area contributed by atoms with Crippen molar-refractivity contribution < 1.29 is 14.3 Å². The molecule has 1 aromatic heterocycles. The molecule has 2 aromatic carbocycles. The van der Waals surface area contributed by atoms with Gasteiger partial charge in [-0.15, -0.1) is 11.3 Å². The van der Waals surface area contributed by atoms with Gasteiger partial charge >= 0.3 is 5.97 Å². The van der Waals surface area contributed by atoms with Gasteiger partial charge in [0, 0.05) is 12.0 Å². The quantitative estimate of drug-likeness (QED) is 0.488. The number of aromatic nitrogens is 1. The van der Waals surface area contributed by atoms with Gasteiger partial charge in [0.1, 0.15) is 0 Å². The number of Topliss-reactive ketones (excluding diaryl/α,β-unsaturated/α-hetero) is 1. The molecule has 0 aliphatic rings. The number of esters is 1. The first kappa shape index (κ1) is 17.3. The fourth-order valence-electron chi connectivity index (χ4n) is 2.50. The SMILES string of the molecule is Cc1ccc(C(=O)C(C)OC(=O)CCc2nc3ccccc3s2)cc1. The van der Waals surface area contributed by atoms with Crippen LogP contribution in [0.5, 0.6) is 0 Å². The van der Waals surface area contributed by atoms with Gasteiger partial charge in [-0.1, -0.05) is 42.0 Å². The Bertz CT molecular complexity index is 866. The van der Waals surface area contributed by atoms with E-state index in [1.807, 2.05) is 43.3 Å². The smallest absolute Gasteiger partial charge is 0.306 e. The topological polar surface area (TPSA) is 56.3 Å². The molecule has 0 N–H and O–H groups in total. The number of carbonyl (C=O) groups excluding carboxylic acids is 2. The lowest BCUT2D eigenvalue weighted by atomic mass is 10.1. The highest BCUT2D eigenvalue weighted by Gasteiger charge is 2.19. The number of ketones is 1. The largest absolute Gasteiger partial charge is 0.454 e. The third-order valence-corrected chi connectivity index (χ3v) is 4.99. The first-order valence-corrected chi connectivity index (χ1v) is 8.99. The van der Waals surface area contributed by atoms with Gasteiger partial charge in [-0.25, -0.2) is 4.98 Å². The van der Waals surface area contributed by atoms with Crippen molar-refractivity contribution in [1.29, 1.82) is 0 Å². The molecule has 0 saturated heterocycles. The molecule has 3 aromatic rings. The number of thiazole rings is 1. The molecular formula is C20H19NO3S. The van der Waals surface area contributed by atoms with Crippen molar-refractivity contribution in [1.82, 2.24) is 4.98 Å². The molecular weight excluding hydrogens is 334 g/mol. The summed E-state index contributed by atoms with van der Waals surface area (Å²) in [6.07, 6.45) is -0.0554. The minimum atomic E-state index is -0.787. The predicted octanol–water partition coefficient (Wildman–Crippen LogP) is 4.35. The van der Waals surface area contributed by atoms with Crippen molar-refractivity contribution in [3.05, 3.63) is 64.7 Å². The molecule has 25 heavy (non-hydrogen) atoms. The lowest BCUT2D eigenvalue weighted by Gasteiger charge is -2.12. The second-order valence-electron chi connectivity index (χ2n) is 5.94. The van der Waals surface area contributed by atoms with Gasteiger partial charge in [0.25, 0.3) is 0 Å². The highest BCUT2D eigenvalue weighted by Crippen LogP contribution is 2.22. The Hall–Kier alpha value is -2.53. The lowest BCUT2D eigenvalue weighted by molar-refractivity contribution is -0.146. The van der Waals surface area contributed by atoms with Crippen LogP contribution >= 0.6 is 11.3 Å². The van der Waals surface area contributed by atoms with Crippen molar-refractivity contribution in [2.45, 2.75) is 32.8 Å². The molecule has 0 amide bonds. The van der Waals surface area contributed by atoms with Crippen LogP contribution in [0.25, 0.3) is 10.2 Å². The van der Waals surface area contributed by atoms with E-state index in [4.69, 9.17) is 4.74 Å². The van der Waals surface area contributed by atoms with Crippen molar-refractivity contribution >= 4 is 33.3 Å². The first-order chi connectivity index (χ1) is 12.0. The van der Waals surface area contributed by atoms with E-state index in [-0.39, 0.29) is 18.2 Å². The summed E-state index contributed by atoms with van der Waals surface area (Å²) in [5.41, 5.74) is 2.58. The van der Waals surface area contributed by atoms with Crippen molar-refractivity contribution in [2.24, 2.45) is 0 Å². The van der Waals surface area contributed by atoms with Crippen LogP contribution in [0.2, 0.25) is 0 Å². The summed E-state index contributed by atoms with van der Waals surface area (Å²) < 4.78 is 6.39. The number of hydrogen-bond donors (Lipinski definition) is 0. The molecule has 128 valence electrons. The molecule has 1 heterocycles. The Morgan fingerprint density at radius 3 is 2.56 bits per heavy atom. The summed E-state index contributed by atoms with van der Waals surface area (Å²) in [5.74, 6) is -0.569. The summed E-state index contributed by atoms with van der Waals surface area (Å²) in [5, 5.41) is 0.899. The van der Waals surface area contributed by atoms with Crippen LogP contribution in [-0.4, -0.2) is 22.8 Å². The van der Waals surface area contributed by atoms with E-state index in [9.17, 15) is 9.59 Å². The molecule has 0 spiro atoms. The van der Waals surface area contributed by atoms with Gasteiger partial charge < -0.3 is 4.74 Å². The van der Waals surface area contributed by atoms with E-state index in [0.29, 0.717) is 12.0 Å². The lowest BCUT2D eigenvalue weighted by Crippen LogP contribution is -2.24. The van der Waals surface area contributed by atoms with Gasteiger partial charge in [-0.05, 0) is 26.0 Å². The predicted molar refractivity (Wildman–Crippen MR) is 99.0 cm³/mol. The summed E-state index contributed by atoms with van der Waals surface area (Å²) in [7, 11) is 0. The Labute approximate surface area is 150 Å². The van der Waals surface area contributed by atoms with Crippen LogP contribution < -0.4 is 0 Å². The van der Waals surface area contributed by atoms with Crippen LogP contribution in [0.1, 0.15) is 34.3 Å². The van der Waals surface area contributed by atoms with Crippen LogP contribution in [0, 0.1) is 6.92 Å². The van der Waals surface area contributed by atoms with E-state index in [0.717, 1.165) is 20.8 Å². The summed E-state index contributed by atoms with van der Waals surface area (Å²) >= 11 is 1.58. The first-order valence-electron chi connectivity index (χ1n) is 8.18. The monoisotopic (exact) mass is 353 g/mol.